The van der Waals surface area contributed by atoms with E-state index in [1.807, 2.05) is 6.08 Å². The van der Waals surface area contributed by atoms with Gasteiger partial charge in [-0.2, -0.15) is 0 Å². The largest absolute Gasteiger partial charge is 0.408 e. The zero-order chi connectivity index (χ0) is 26.8. The minimum atomic E-state index is -2.73. The minimum absolute atomic E-state index is 0.0205. The number of benzene rings is 2. The number of hydrogen-bond acceptors (Lipinski definition) is 4. The van der Waals surface area contributed by atoms with Crippen LogP contribution in [0.15, 0.2) is 73.3 Å². The summed E-state index contributed by atoms with van der Waals surface area (Å²) in [5.41, 5.74) is 0. The van der Waals surface area contributed by atoms with Crippen LogP contribution in [-0.2, 0) is 13.6 Å². The maximum atomic E-state index is 11.3. The lowest BCUT2D eigenvalue weighted by atomic mass is 10.1. The van der Waals surface area contributed by atoms with Gasteiger partial charge in [0.2, 0.25) is 0 Å². The van der Waals surface area contributed by atoms with E-state index in [0.29, 0.717) is 13.0 Å². The first kappa shape index (κ1) is 29.0. The predicted molar refractivity (Wildman–Crippen MR) is 155 cm³/mol. The third kappa shape index (κ3) is 5.79. The molecule has 0 saturated carbocycles. The molecule has 1 N–H and O–H groups in total. The molecule has 4 nitrogen and oxygen atoms in total. The normalized spacial score (nSPS) is 23.6. The molecule has 0 aliphatic carbocycles. The first-order chi connectivity index (χ1) is 16.7. The summed E-state index contributed by atoms with van der Waals surface area (Å²) in [4.78, 5) is 0. The summed E-state index contributed by atoms with van der Waals surface area (Å²) >= 11 is 0. The molecule has 0 unspecified atom stereocenters. The number of rotatable bonds is 9. The lowest BCUT2D eigenvalue weighted by Gasteiger charge is -2.44. The van der Waals surface area contributed by atoms with Crippen LogP contribution in [0.4, 0.5) is 0 Å². The SMILES string of the molecule is C=CC[C@H]1O[C@@H](CO[Si](c2ccccc2)(c2ccccc2)C(C)(C)C)[C@H](O[Si](C)(C)C(C)(C)C)[C@H]1O. The van der Waals surface area contributed by atoms with Gasteiger partial charge in [-0.15, -0.1) is 6.58 Å². The van der Waals surface area contributed by atoms with Gasteiger partial charge in [-0.1, -0.05) is 108 Å². The monoisotopic (exact) mass is 526 g/mol. The van der Waals surface area contributed by atoms with Crippen LogP contribution in [0.5, 0.6) is 0 Å². The summed E-state index contributed by atoms with van der Waals surface area (Å²) in [6, 6.07) is 21.2. The Kier molecular flexibility index (Phi) is 8.91. The van der Waals surface area contributed by atoms with E-state index in [1.54, 1.807) is 0 Å². The highest BCUT2D eigenvalue weighted by atomic mass is 28.4. The van der Waals surface area contributed by atoms with Crippen LogP contribution in [0.2, 0.25) is 23.2 Å². The molecule has 198 valence electrons. The standard InChI is InChI=1S/C30H46O4Si2/c1-10-17-25-27(31)28(34-35(8,9)29(2,3)4)26(33-25)22-32-36(30(5,6)7,23-18-13-11-14-19-23)24-20-15-12-16-21-24/h10-16,18-21,25-28,31H,1,17,22H2,2-9H3/t25-,26+,27+,28+/m1/s1. The first-order valence-electron chi connectivity index (χ1n) is 13.1. The average molecular weight is 527 g/mol. The van der Waals surface area contributed by atoms with Crippen LogP contribution in [-0.4, -0.2) is 52.8 Å². The van der Waals surface area contributed by atoms with Crippen molar-refractivity contribution in [3.63, 3.8) is 0 Å². The zero-order valence-electron chi connectivity index (χ0n) is 23.5. The van der Waals surface area contributed by atoms with Gasteiger partial charge < -0.3 is 18.7 Å². The molecule has 2 aromatic rings. The minimum Gasteiger partial charge on any atom is -0.408 e. The van der Waals surface area contributed by atoms with Gasteiger partial charge >= 0.3 is 0 Å². The maximum Gasteiger partial charge on any atom is 0.261 e. The van der Waals surface area contributed by atoms with Crippen molar-refractivity contribution in [2.24, 2.45) is 0 Å². The number of aliphatic hydroxyl groups excluding tert-OH is 1. The van der Waals surface area contributed by atoms with E-state index in [0.717, 1.165) is 0 Å². The van der Waals surface area contributed by atoms with Gasteiger partial charge in [0.05, 0.1) is 12.7 Å². The third-order valence-corrected chi connectivity index (χ3v) is 17.4. The molecule has 3 rings (SSSR count). The Morgan fingerprint density at radius 3 is 1.78 bits per heavy atom. The molecule has 6 heteroatoms. The molecule has 0 amide bonds. The molecule has 0 radical (unpaired) electrons. The average Bonchev–Trinajstić information content (AvgIpc) is 3.08. The molecule has 1 fully saturated rings. The van der Waals surface area contributed by atoms with Gasteiger partial charge in [0, 0.05) is 0 Å². The summed E-state index contributed by atoms with van der Waals surface area (Å²) in [7, 11) is -4.89. The van der Waals surface area contributed by atoms with Crippen molar-refractivity contribution in [3.05, 3.63) is 73.3 Å². The summed E-state index contributed by atoms with van der Waals surface area (Å²) in [6.07, 6.45) is 0.529. The Hall–Kier alpha value is -1.55. The smallest absolute Gasteiger partial charge is 0.261 e. The van der Waals surface area contributed by atoms with Crippen molar-refractivity contribution in [2.45, 2.75) is 95.5 Å². The van der Waals surface area contributed by atoms with Gasteiger partial charge in [0.25, 0.3) is 8.32 Å². The van der Waals surface area contributed by atoms with E-state index in [-0.39, 0.29) is 22.3 Å². The molecule has 2 aromatic carbocycles. The number of hydrogen-bond donors (Lipinski definition) is 1. The molecule has 1 aliphatic heterocycles. The van der Waals surface area contributed by atoms with Crippen molar-refractivity contribution in [3.8, 4) is 0 Å². The number of aliphatic hydroxyl groups is 1. The summed E-state index contributed by atoms with van der Waals surface area (Å²) < 4.78 is 20.4. The third-order valence-electron chi connectivity index (χ3n) is 7.95. The van der Waals surface area contributed by atoms with Crippen LogP contribution in [0.25, 0.3) is 0 Å². The van der Waals surface area contributed by atoms with Gasteiger partial charge in [-0.25, -0.2) is 0 Å². The fourth-order valence-corrected chi connectivity index (χ4v) is 10.8. The molecular weight excluding hydrogens is 480 g/mol. The van der Waals surface area contributed by atoms with Crippen LogP contribution < -0.4 is 10.4 Å². The van der Waals surface area contributed by atoms with E-state index in [2.05, 4.69) is 122 Å². The summed E-state index contributed by atoms with van der Waals surface area (Å²) in [5, 5.41) is 13.6. The Labute approximate surface area is 221 Å². The topological polar surface area (TPSA) is 47.9 Å². The lowest BCUT2D eigenvalue weighted by molar-refractivity contribution is -0.0144. The lowest BCUT2D eigenvalue weighted by Crippen LogP contribution is -2.67. The van der Waals surface area contributed by atoms with Gasteiger partial charge in [-0.05, 0) is 40.0 Å². The molecule has 4 atom stereocenters. The molecule has 0 aromatic heterocycles. The second-order valence-corrected chi connectivity index (χ2v) is 21.6. The van der Waals surface area contributed by atoms with Gasteiger partial charge in [0.15, 0.2) is 8.32 Å². The van der Waals surface area contributed by atoms with E-state index >= 15 is 0 Å². The van der Waals surface area contributed by atoms with E-state index in [9.17, 15) is 5.11 Å². The molecule has 1 heterocycles. The Bertz CT molecular complexity index is 940. The highest BCUT2D eigenvalue weighted by Gasteiger charge is 2.53. The van der Waals surface area contributed by atoms with Crippen LogP contribution in [0.1, 0.15) is 48.0 Å². The molecule has 1 aliphatic rings. The van der Waals surface area contributed by atoms with E-state index in [1.165, 1.54) is 10.4 Å². The molecule has 0 bridgehead atoms. The van der Waals surface area contributed by atoms with Gasteiger partial charge in [-0.3, -0.25) is 0 Å². The quantitative estimate of drug-likeness (QED) is 0.338. The Morgan fingerprint density at radius 1 is 0.861 bits per heavy atom. The van der Waals surface area contributed by atoms with Crippen molar-refractivity contribution in [2.75, 3.05) is 6.61 Å². The molecule has 0 spiro atoms. The summed E-state index contributed by atoms with van der Waals surface area (Å²) in [6.45, 7) is 22.1. The second kappa shape index (κ2) is 11.1. The van der Waals surface area contributed by atoms with Crippen molar-refractivity contribution in [1.29, 1.82) is 0 Å². The maximum absolute atomic E-state index is 11.3. The fourth-order valence-electron chi connectivity index (χ4n) is 4.94. The van der Waals surface area contributed by atoms with Crippen molar-refractivity contribution in [1.82, 2.24) is 0 Å². The Balaban J connectivity index is 2.02. The highest BCUT2D eigenvalue weighted by molar-refractivity contribution is 6.99. The Morgan fingerprint density at radius 2 is 1.36 bits per heavy atom. The van der Waals surface area contributed by atoms with E-state index in [4.69, 9.17) is 13.6 Å². The van der Waals surface area contributed by atoms with Gasteiger partial charge in [0.1, 0.15) is 18.3 Å². The van der Waals surface area contributed by atoms with E-state index < -0.39 is 28.8 Å². The van der Waals surface area contributed by atoms with Crippen LogP contribution in [0.3, 0.4) is 0 Å². The molecule has 36 heavy (non-hydrogen) atoms. The first-order valence-corrected chi connectivity index (χ1v) is 17.9. The predicted octanol–water partition coefficient (Wildman–Crippen LogP) is 5.66. The van der Waals surface area contributed by atoms with Crippen molar-refractivity contribution >= 4 is 27.0 Å². The molecule has 1 saturated heterocycles. The summed E-state index contributed by atoms with van der Waals surface area (Å²) in [5.74, 6) is 0. The number of ether oxygens (including phenoxy) is 1. The zero-order valence-corrected chi connectivity index (χ0v) is 25.5. The molecular formula is C30H46O4Si2. The fraction of sp³-hybridized carbons (Fsp3) is 0.533. The van der Waals surface area contributed by atoms with Crippen LogP contribution in [0, 0.1) is 0 Å². The second-order valence-electron chi connectivity index (χ2n) is 12.5. The highest BCUT2D eigenvalue weighted by Crippen LogP contribution is 2.41. The van der Waals surface area contributed by atoms with Crippen LogP contribution >= 0.6 is 0 Å². The van der Waals surface area contributed by atoms with Crippen molar-refractivity contribution < 1.29 is 18.7 Å².